The van der Waals surface area contributed by atoms with Gasteiger partial charge in [0.05, 0.1) is 11.1 Å². The first-order valence-electron chi connectivity index (χ1n) is 7.43. The van der Waals surface area contributed by atoms with Gasteiger partial charge in [0.2, 0.25) is 17.4 Å². The number of hydrogen-bond acceptors (Lipinski definition) is 2. The van der Waals surface area contributed by atoms with Crippen LogP contribution in [-0.4, -0.2) is 5.97 Å². The van der Waals surface area contributed by atoms with Crippen LogP contribution in [0.1, 0.15) is 25.8 Å². The summed E-state index contributed by atoms with van der Waals surface area (Å²) in [6.45, 7) is 2.11. The molecule has 0 N–H and O–H groups in total. The minimum Gasteiger partial charge on any atom is -0.420 e. The van der Waals surface area contributed by atoms with E-state index in [0.29, 0.717) is 6.92 Å². The summed E-state index contributed by atoms with van der Waals surface area (Å²) in [6.07, 6.45) is -0.361. The second kappa shape index (κ2) is 7.53. The Labute approximate surface area is 147 Å². The van der Waals surface area contributed by atoms with Crippen molar-refractivity contribution in [3.05, 3.63) is 52.1 Å². The number of ether oxygens (including phenoxy) is 1. The Hall–Kier alpha value is -2.65. The van der Waals surface area contributed by atoms with Gasteiger partial charge < -0.3 is 4.74 Å². The van der Waals surface area contributed by atoms with E-state index in [9.17, 15) is 39.9 Å². The van der Waals surface area contributed by atoms with E-state index in [2.05, 4.69) is 4.74 Å². The molecule has 0 aliphatic heterocycles. The fraction of sp³-hybridized carbons (Fsp3) is 0.235. The number of halogens is 8. The third kappa shape index (κ3) is 3.35. The highest BCUT2D eigenvalue weighted by atomic mass is 19.2. The van der Waals surface area contributed by atoms with Crippen LogP contribution in [0.2, 0.25) is 0 Å². The summed E-state index contributed by atoms with van der Waals surface area (Å²) in [5.41, 5.74) is -5.00. The molecular weight excluding hydrogens is 388 g/mol. The second-order valence-corrected chi connectivity index (χ2v) is 5.41. The molecule has 0 aromatic heterocycles. The molecule has 10 heteroatoms. The largest absolute Gasteiger partial charge is 0.420 e. The number of carbonyl (C=O) groups is 1. The maximum Gasteiger partial charge on any atom is 0.308 e. The van der Waals surface area contributed by atoms with Gasteiger partial charge in [-0.3, -0.25) is 4.79 Å². The molecule has 2 aromatic carbocycles. The second-order valence-electron chi connectivity index (χ2n) is 5.41. The zero-order valence-electron chi connectivity index (χ0n) is 13.8. The average Bonchev–Trinajstić information content (AvgIpc) is 2.61. The molecule has 2 rings (SSSR count). The van der Waals surface area contributed by atoms with E-state index in [1.54, 1.807) is 0 Å². The Balaban J connectivity index is 2.90. The van der Waals surface area contributed by atoms with Crippen LogP contribution in [0.3, 0.4) is 0 Å². The highest BCUT2D eigenvalue weighted by Crippen LogP contribution is 2.40. The fourth-order valence-electron chi connectivity index (χ4n) is 2.43. The first-order valence-corrected chi connectivity index (χ1v) is 7.43. The Morgan fingerprint density at radius 3 is 1.41 bits per heavy atom. The molecule has 0 saturated carbocycles. The molecule has 0 aliphatic rings. The lowest BCUT2D eigenvalue weighted by atomic mass is 9.97. The van der Waals surface area contributed by atoms with Crippen molar-refractivity contribution in [3.8, 4) is 16.9 Å². The van der Waals surface area contributed by atoms with Gasteiger partial charge in [0, 0.05) is 12.5 Å². The molecule has 0 aliphatic carbocycles. The number of hydrogen-bond donors (Lipinski definition) is 0. The third-order valence-electron chi connectivity index (χ3n) is 3.57. The van der Waals surface area contributed by atoms with Crippen LogP contribution in [0.4, 0.5) is 35.1 Å². The number of rotatable bonds is 4. The SMILES string of the molecule is CCCc1c(F)c(F)c(-c2c(F)c(F)c(OC(C)=O)c(F)c2F)c(F)c1F. The van der Waals surface area contributed by atoms with Crippen molar-refractivity contribution in [1.29, 1.82) is 0 Å². The monoisotopic (exact) mass is 398 g/mol. The minimum atomic E-state index is -2.40. The van der Waals surface area contributed by atoms with Crippen molar-refractivity contribution < 1.29 is 44.7 Å². The number of carbonyl (C=O) groups excluding carboxylic acids is 1. The molecule has 2 nitrogen and oxygen atoms in total. The summed E-state index contributed by atoms with van der Waals surface area (Å²) in [5, 5.41) is 0. The van der Waals surface area contributed by atoms with E-state index in [-0.39, 0.29) is 6.42 Å². The topological polar surface area (TPSA) is 26.3 Å². The van der Waals surface area contributed by atoms with Crippen molar-refractivity contribution in [2.24, 2.45) is 0 Å². The lowest BCUT2D eigenvalue weighted by Gasteiger charge is -2.15. The Morgan fingerprint density at radius 2 is 1.07 bits per heavy atom. The first kappa shape index (κ1) is 20.7. The predicted molar refractivity (Wildman–Crippen MR) is 76.8 cm³/mol. The molecule has 0 heterocycles. The van der Waals surface area contributed by atoms with Gasteiger partial charge in [0.25, 0.3) is 0 Å². The molecule has 0 saturated heterocycles. The van der Waals surface area contributed by atoms with Gasteiger partial charge in [0.1, 0.15) is 0 Å². The minimum absolute atomic E-state index is 0.0785. The molecule has 0 radical (unpaired) electrons. The summed E-state index contributed by atoms with van der Waals surface area (Å²) < 4.78 is 117. The van der Waals surface area contributed by atoms with Gasteiger partial charge in [0.15, 0.2) is 34.9 Å². The molecule has 0 fully saturated rings. The Kier molecular flexibility index (Phi) is 5.76. The van der Waals surface area contributed by atoms with Gasteiger partial charge in [-0.25, -0.2) is 26.3 Å². The molecule has 0 spiro atoms. The summed E-state index contributed by atoms with van der Waals surface area (Å²) in [7, 11) is 0. The van der Waals surface area contributed by atoms with Gasteiger partial charge in [-0.2, -0.15) is 8.78 Å². The summed E-state index contributed by atoms with van der Waals surface area (Å²) in [5.74, 6) is -20.9. The van der Waals surface area contributed by atoms with Crippen LogP contribution in [0.15, 0.2) is 0 Å². The average molecular weight is 398 g/mol. The fourth-order valence-corrected chi connectivity index (χ4v) is 2.43. The predicted octanol–water partition coefficient (Wildman–Crippen LogP) is 5.34. The summed E-state index contributed by atoms with van der Waals surface area (Å²) >= 11 is 0. The van der Waals surface area contributed by atoms with E-state index >= 15 is 0 Å². The summed E-state index contributed by atoms with van der Waals surface area (Å²) in [4.78, 5) is 10.8. The van der Waals surface area contributed by atoms with Crippen LogP contribution in [0.25, 0.3) is 11.1 Å². The molecule has 2 aromatic rings. The molecule has 0 unspecified atom stereocenters. The van der Waals surface area contributed by atoms with Gasteiger partial charge in [-0.15, -0.1) is 0 Å². The van der Waals surface area contributed by atoms with Gasteiger partial charge in [-0.05, 0) is 6.42 Å². The van der Waals surface area contributed by atoms with Crippen LogP contribution < -0.4 is 4.74 Å². The Bertz CT molecular complexity index is 881. The maximum absolute atomic E-state index is 14.2. The van der Waals surface area contributed by atoms with E-state index in [4.69, 9.17) is 0 Å². The zero-order chi connectivity index (χ0) is 20.6. The molecule has 146 valence electrons. The van der Waals surface area contributed by atoms with Crippen molar-refractivity contribution in [1.82, 2.24) is 0 Å². The summed E-state index contributed by atoms with van der Waals surface area (Å²) in [6, 6.07) is 0. The highest BCUT2D eigenvalue weighted by molar-refractivity contribution is 5.72. The van der Waals surface area contributed by atoms with Crippen LogP contribution in [-0.2, 0) is 11.2 Å². The molecular formula is C17H10F8O2. The standard InChI is InChI=1S/C17H10F8O2/c1-3-4-6-9(18)11(20)7(12(21)10(6)19)8-13(22)15(24)17(27-5(2)26)16(25)14(8)23/h3-4H2,1-2H3. The lowest BCUT2D eigenvalue weighted by Crippen LogP contribution is -2.12. The van der Waals surface area contributed by atoms with E-state index in [1.807, 2.05) is 0 Å². The molecule has 27 heavy (non-hydrogen) atoms. The van der Waals surface area contributed by atoms with Crippen molar-refractivity contribution in [2.45, 2.75) is 26.7 Å². The smallest absolute Gasteiger partial charge is 0.308 e. The van der Waals surface area contributed by atoms with Gasteiger partial charge in [-0.1, -0.05) is 13.3 Å². The van der Waals surface area contributed by atoms with Crippen molar-refractivity contribution >= 4 is 5.97 Å². The number of esters is 1. The van der Waals surface area contributed by atoms with Crippen molar-refractivity contribution in [2.75, 3.05) is 0 Å². The molecule has 0 amide bonds. The molecule has 0 bridgehead atoms. The lowest BCUT2D eigenvalue weighted by molar-refractivity contribution is -0.132. The van der Waals surface area contributed by atoms with Crippen LogP contribution in [0, 0.1) is 46.5 Å². The quantitative estimate of drug-likeness (QED) is 0.301. The van der Waals surface area contributed by atoms with Crippen molar-refractivity contribution in [3.63, 3.8) is 0 Å². The van der Waals surface area contributed by atoms with E-state index < -0.39 is 81.4 Å². The third-order valence-corrected chi connectivity index (χ3v) is 3.57. The first-order chi connectivity index (χ1) is 12.5. The zero-order valence-corrected chi connectivity index (χ0v) is 13.8. The number of benzene rings is 2. The van der Waals surface area contributed by atoms with E-state index in [1.165, 1.54) is 6.92 Å². The molecule has 0 atom stereocenters. The van der Waals surface area contributed by atoms with Crippen LogP contribution in [0.5, 0.6) is 5.75 Å². The Morgan fingerprint density at radius 1 is 0.704 bits per heavy atom. The van der Waals surface area contributed by atoms with Gasteiger partial charge >= 0.3 is 5.97 Å². The normalized spacial score (nSPS) is 11.0. The highest BCUT2D eigenvalue weighted by Gasteiger charge is 2.34. The van der Waals surface area contributed by atoms with Crippen LogP contribution >= 0.6 is 0 Å². The van der Waals surface area contributed by atoms with E-state index in [0.717, 1.165) is 0 Å². The maximum atomic E-state index is 14.2.